The summed E-state index contributed by atoms with van der Waals surface area (Å²) in [7, 11) is 1.79. The van der Waals surface area contributed by atoms with Crippen molar-refractivity contribution in [3.05, 3.63) is 11.5 Å². The first-order valence-electron chi connectivity index (χ1n) is 3.73. The van der Waals surface area contributed by atoms with E-state index in [1.807, 2.05) is 0 Å². The van der Waals surface area contributed by atoms with Gasteiger partial charge in [0.25, 0.3) is 0 Å². The van der Waals surface area contributed by atoms with Crippen LogP contribution >= 0.6 is 0 Å². The summed E-state index contributed by atoms with van der Waals surface area (Å²) in [5.74, 6) is 0.504. The van der Waals surface area contributed by atoms with E-state index in [1.165, 1.54) is 0 Å². The fraction of sp³-hybridized carbons (Fsp3) is 0.571. The number of nitrogens with two attached hydrogens (primary N) is 1. The third kappa shape index (κ3) is 1.50. The average Bonchev–Trinajstić information content (AvgIpc) is 2.25. The summed E-state index contributed by atoms with van der Waals surface area (Å²) in [5.41, 5.74) is 6.17. The van der Waals surface area contributed by atoms with Crippen LogP contribution in [0.4, 0.5) is 0 Å². The lowest BCUT2D eigenvalue weighted by Gasteiger charge is -2.10. The number of hydrogen-bond donors (Lipinski definition) is 3. The molecule has 1 aliphatic rings. The van der Waals surface area contributed by atoms with Crippen LogP contribution in [-0.2, 0) is 4.79 Å². The highest BCUT2D eigenvalue weighted by Crippen LogP contribution is 2.14. The SMILES string of the molecule is CN1CC(O)C(NCC=O)=C1N. The minimum absolute atomic E-state index is 0.181. The zero-order chi connectivity index (χ0) is 9.14. The second-order valence-electron chi connectivity index (χ2n) is 2.74. The van der Waals surface area contributed by atoms with Gasteiger partial charge in [0, 0.05) is 7.05 Å². The highest BCUT2D eigenvalue weighted by Gasteiger charge is 2.25. The summed E-state index contributed by atoms with van der Waals surface area (Å²) >= 11 is 0. The summed E-state index contributed by atoms with van der Waals surface area (Å²) in [6, 6.07) is 0. The molecule has 12 heavy (non-hydrogen) atoms. The van der Waals surface area contributed by atoms with Crippen molar-refractivity contribution in [3.63, 3.8) is 0 Å². The molecule has 1 rings (SSSR count). The van der Waals surface area contributed by atoms with Gasteiger partial charge in [-0.2, -0.15) is 0 Å². The van der Waals surface area contributed by atoms with Gasteiger partial charge in [0.15, 0.2) is 0 Å². The Morgan fingerprint density at radius 2 is 2.58 bits per heavy atom. The molecule has 5 heteroatoms. The summed E-state index contributed by atoms with van der Waals surface area (Å²) in [5, 5.41) is 12.2. The van der Waals surface area contributed by atoms with Crippen LogP contribution in [0.15, 0.2) is 11.5 Å². The zero-order valence-corrected chi connectivity index (χ0v) is 6.95. The number of aliphatic hydroxyl groups is 1. The van der Waals surface area contributed by atoms with Gasteiger partial charge in [-0.1, -0.05) is 0 Å². The molecule has 1 atom stereocenters. The highest BCUT2D eigenvalue weighted by atomic mass is 16.3. The topological polar surface area (TPSA) is 78.6 Å². The molecular formula is C7H13N3O2. The van der Waals surface area contributed by atoms with E-state index in [9.17, 15) is 9.90 Å². The van der Waals surface area contributed by atoms with Crippen molar-refractivity contribution in [1.82, 2.24) is 10.2 Å². The number of carbonyl (C=O) groups excluding carboxylic acids is 1. The van der Waals surface area contributed by atoms with Gasteiger partial charge in [-0.25, -0.2) is 0 Å². The van der Waals surface area contributed by atoms with Crippen molar-refractivity contribution in [3.8, 4) is 0 Å². The van der Waals surface area contributed by atoms with Crippen molar-refractivity contribution in [2.24, 2.45) is 5.73 Å². The zero-order valence-electron chi connectivity index (χ0n) is 6.95. The first kappa shape index (κ1) is 8.86. The molecule has 0 amide bonds. The Morgan fingerprint density at radius 1 is 1.92 bits per heavy atom. The summed E-state index contributed by atoms with van der Waals surface area (Å²) in [6.45, 7) is 0.661. The van der Waals surface area contributed by atoms with Gasteiger partial charge in [0.2, 0.25) is 0 Å². The quantitative estimate of drug-likeness (QED) is 0.437. The normalized spacial score (nSPS) is 23.2. The Labute approximate surface area is 70.8 Å². The molecule has 0 saturated carbocycles. The Hall–Kier alpha value is -1.23. The lowest BCUT2D eigenvalue weighted by molar-refractivity contribution is -0.107. The first-order chi connectivity index (χ1) is 5.66. The molecule has 1 aliphatic heterocycles. The summed E-state index contributed by atoms with van der Waals surface area (Å²) < 4.78 is 0. The third-order valence-corrected chi connectivity index (χ3v) is 1.84. The van der Waals surface area contributed by atoms with Crippen LogP contribution in [0.25, 0.3) is 0 Å². The number of carbonyl (C=O) groups is 1. The highest BCUT2D eigenvalue weighted by molar-refractivity contribution is 5.52. The van der Waals surface area contributed by atoms with Crippen LogP contribution in [0, 0.1) is 0 Å². The second-order valence-corrected chi connectivity index (χ2v) is 2.74. The molecule has 0 bridgehead atoms. The Morgan fingerprint density at radius 3 is 3.00 bits per heavy atom. The molecule has 0 aliphatic carbocycles. The van der Waals surface area contributed by atoms with E-state index in [0.717, 1.165) is 6.29 Å². The number of rotatable bonds is 3. The van der Waals surface area contributed by atoms with E-state index < -0.39 is 6.10 Å². The van der Waals surface area contributed by atoms with Gasteiger partial charge in [-0.05, 0) is 0 Å². The number of nitrogens with one attached hydrogen (secondary N) is 1. The molecule has 0 aromatic carbocycles. The number of aliphatic hydroxyl groups excluding tert-OH is 1. The lowest BCUT2D eigenvalue weighted by atomic mass is 10.3. The predicted molar refractivity (Wildman–Crippen MR) is 43.9 cm³/mol. The van der Waals surface area contributed by atoms with Crippen molar-refractivity contribution in [2.75, 3.05) is 20.1 Å². The number of likely N-dealkylation sites (N-methyl/N-ethyl adjacent to an activating group) is 1. The van der Waals surface area contributed by atoms with Crippen molar-refractivity contribution < 1.29 is 9.90 Å². The smallest absolute Gasteiger partial charge is 0.139 e. The molecular weight excluding hydrogens is 158 g/mol. The second kappa shape index (κ2) is 3.44. The summed E-state index contributed by atoms with van der Waals surface area (Å²) in [4.78, 5) is 11.8. The fourth-order valence-electron chi connectivity index (χ4n) is 1.19. The van der Waals surface area contributed by atoms with E-state index in [-0.39, 0.29) is 6.54 Å². The standard InChI is InChI=1S/C7H13N3O2/c1-10-4-5(12)6(7(10)8)9-2-3-11/h3,5,9,12H,2,4,8H2,1H3. The van der Waals surface area contributed by atoms with E-state index in [1.54, 1.807) is 11.9 Å². The molecule has 4 N–H and O–H groups in total. The van der Waals surface area contributed by atoms with E-state index in [0.29, 0.717) is 18.1 Å². The Balaban J connectivity index is 2.64. The van der Waals surface area contributed by atoms with Gasteiger partial charge < -0.3 is 25.9 Å². The maximum absolute atomic E-state index is 10.0. The molecule has 0 spiro atoms. The monoisotopic (exact) mass is 171 g/mol. The van der Waals surface area contributed by atoms with Crippen molar-refractivity contribution >= 4 is 6.29 Å². The van der Waals surface area contributed by atoms with Crippen LogP contribution in [0.3, 0.4) is 0 Å². The predicted octanol–water partition coefficient (Wildman–Crippen LogP) is -1.79. The molecule has 0 fully saturated rings. The van der Waals surface area contributed by atoms with Gasteiger partial charge >= 0.3 is 0 Å². The lowest BCUT2D eigenvalue weighted by Crippen LogP contribution is -2.26. The molecule has 0 saturated heterocycles. The maximum Gasteiger partial charge on any atom is 0.139 e. The number of aldehydes is 1. The average molecular weight is 171 g/mol. The Bertz CT molecular complexity index is 215. The van der Waals surface area contributed by atoms with Crippen LogP contribution in [-0.4, -0.2) is 42.5 Å². The third-order valence-electron chi connectivity index (χ3n) is 1.84. The molecule has 5 nitrogen and oxygen atoms in total. The minimum atomic E-state index is -0.602. The van der Waals surface area contributed by atoms with Crippen LogP contribution in [0.5, 0.6) is 0 Å². The van der Waals surface area contributed by atoms with Gasteiger partial charge in [-0.3, -0.25) is 0 Å². The fourth-order valence-corrected chi connectivity index (χ4v) is 1.19. The van der Waals surface area contributed by atoms with Crippen molar-refractivity contribution in [2.45, 2.75) is 6.10 Å². The van der Waals surface area contributed by atoms with Gasteiger partial charge in [0.05, 0.1) is 18.8 Å². The number of hydrogen-bond acceptors (Lipinski definition) is 5. The number of nitrogens with zero attached hydrogens (tertiary/aromatic N) is 1. The van der Waals surface area contributed by atoms with Crippen LogP contribution < -0.4 is 11.1 Å². The molecule has 68 valence electrons. The summed E-state index contributed by atoms with van der Waals surface area (Å²) in [6.07, 6.45) is 0.126. The minimum Gasteiger partial charge on any atom is -0.385 e. The maximum atomic E-state index is 10.0. The molecule has 0 radical (unpaired) electrons. The molecule has 0 aromatic heterocycles. The van der Waals surface area contributed by atoms with E-state index in [4.69, 9.17) is 5.73 Å². The van der Waals surface area contributed by atoms with Gasteiger partial charge in [-0.15, -0.1) is 0 Å². The molecule has 0 aromatic rings. The van der Waals surface area contributed by atoms with E-state index >= 15 is 0 Å². The van der Waals surface area contributed by atoms with Gasteiger partial charge in [0.1, 0.15) is 18.2 Å². The van der Waals surface area contributed by atoms with Crippen molar-refractivity contribution in [1.29, 1.82) is 0 Å². The molecule has 1 unspecified atom stereocenters. The van der Waals surface area contributed by atoms with Crippen LogP contribution in [0.2, 0.25) is 0 Å². The van der Waals surface area contributed by atoms with E-state index in [2.05, 4.69) is 5.32 Å². The molecule has 1 heterocycles. The van der Waals surface area contributed by atoms with Crippen LogP contribution in [0.1, 0.15) is 0 Å². The number of β-amino-alcohol motifs (C(OH)–C–C–N with tert-alkyl or cyclic N) is 1. The largest absolute Gasteiger partial charge is 0.385 e. The first-order valence-corrected chi connectivity index (χ1v) is 3.73. The Kier molecular flexibility index (Phi) is 2.54.